The van der Waals surface area contributed by atoms with Crippen molar-refractivity contribution in [2.24, 2.45) is 11.7 Å². The summed E-state index contributed by atoms with van der Waals surface area (Å²) in [4.78, 5) is 0. The van der Waals surface area contributed by atoms with Gasteiger partial charge in [0.2, 0.25) is 0 Å². The van der Waals surface area contributed by atoms with E-state index in [0.29, 0.717) is 12.0 Å². The summed E-state index contributed by atoms with van der Waals surface area (Å²) in [5.41, 5.74) is 5.81. The molecule has 0 spiro atoms. The maximum atomic E-state index is 5.81. The molecular formula is C11H24N2. The van der Waals surface area contributed by atoms with Crippen LogP contribution in [0, 0.1) is 5.92 Å². The van der Waals surface area contributed by atoms with Crippen LogP contribution in [0.1, 0.15) is 46.0 Å². The predicted octanol–water partition coefficient (Wildman–Crippen LogP) is 1.89. The third-order valence-corrected chi connectivity index (χ3v) is 3.23. The normalized spacial score (nSPS) is 24.2. The highest BCUT2D eigenvalue weighted by atomic mass is 14.9. The third-order valence-electron chi connectivity index (χ3n) is 3.23. The summed E-state index contributed by atoms with van der Waals surface area (Å²) in [7, 11) is 0. The molecule has 78 valence electrons. The molecule has 0 aromatic rings. The van der Waals surface area contributed by atoms with E-state index >= 15 is 0 Å². The number of hydrogen-bond acceptors (Lipinski definition) is 2. The zero-order chi connectivity index (χ0) is 9.68. The van der Waals surface area contributed by atoms with E-state index in [-0.39, 0.29) is 0 Å². The van der Waals surface area contributed by atoms with Crippen molar-refractivity contribution in [3.05, 3.63) is 0 Å². The second-order valence-electron chi connectivity index (χ2n) is 4.58. The second kappa shape index (κ2) is 5.61. The first-order chi connectivity index (χ1) is 6.20. The molecular weight excluding hydrogens is 160 g/mol. The van der Waals surface area contributed by atoms with Crippen molar-refractivity contribution in [1.82, 2.24) is 5.32 Å². The van der Waals surface area contributed by atoms with Gasteiger partial charge in [0, 0.05) is 12.1 Å². The summed E-state index contributed by atoms with van der Waals surface area (Å²) in [6.45, 7) is 5.40. The van der Waals surface area contributed by atoms with Crippen molar-refractivity contribution in [2.75, 3.05) is 6.54 Å². The van der Waals surface area contributed by atoms with Gasteiger partial charge in [-0.15, -0.1) is 0 Å². The van der Waals surface area contributed by atoms with Crippen LogP contribution in [0.25, 0.3) is 0 Å². The molecule has 2 atom stereocenters. The molecule has 2 unspecified atom stereocenters. The van der Waals surface area contributed by atoms with Crippen molar-refractivity contribution in [3.8, 4) is 0 Å². The molecule has 2 nitrogen and oxygen atoms in total. The maximum absolute atomic E-state index is 5.81. The van der Waals surface area contributed by atoms with Crippen LogP contribution < -0.4 is 11.1 Å². The Morgan fingerprint density at radius 1 is 1.23 bits per heavy atom. The van der Waals surface area contributed by atoms with Crippen LogP contribution in [-0.2, 0) is 0 Å². The minimum atomic E-state index is 0.316. The summed E-state index contributed by atoms with van der Waals surface area (Å²) in [5, 5.41) is 3.62. The zero-order valence-electron chi connectivity index (χ0n) is 9.05. The largest absolute Gasteiger partial charge is 0.328 e. The Hall–Kier alpha value is -0.0800. The molecule has 0 saturated heterocycles. The quantitative estimate of drug-likeness (QED) is 0.700. The summed E-state index contributed by atoms with van der Waals surface area (Å²) in [6, 6.07) is 1.09. The highest BCUT2D eigenvalue weighted by Crippen LogP contribution is 2.17. The van der Waals surface area contributed by atoms with Gasteiger partial charge in [0.15, 0.2) is 0 Å². The Morgan fingerprint density at radius 2 is 1.85 bits per heavy atom. The smallest absolute Gasteiger partial charge is 0.00671 e. The van der Waals surface area contributed by atoms with Crippen LogP contribution in [0.3, 0.4) is 0 Å². The minimum Gasteiger partial charge on any atom is -0.328 e. The Labute approximate surface area is 82.3 Å². The average molecular weight is 184 g/mol. The number of rotatable bonds is 4. The van der Waals surface area contributed by atoms with E-state index in [0.717, 1.165) is 12.6 Å². The molecule has 0 amide bonds. The van der Waals surface area contributed by atoms with Crippen LogP contribution in [0.4, 0.5) is 0 Å². The lowest BCUT2D eigenvalue weighted by Crippen LogP contribution is -2.39. The molecule has 0 heterocycles. The lowest BCUT2D eigenvalue weighted by atomic mass is 9.94. The van der Waals surface area contributed by atoms with Gasteiger partial charge >= 0.3 is 0 Å². The highest BCUT2D eigenvalue weighted by Gasteiger charge is 2.14. The lowest BCUT2D eigenvalue weighted by molar-refractivity contribution is 0.339. The van der Waals surface area contributed by atoms with E-state index in [4.69, 9.17) is 5.73 Å². The summed E-state index contributed by atoms with van der Waals surface area (Å²) in [6.07, 6.45) is 6.98. The standard InChI is InChI=1S/C11H24N2/c1-9(10(2)12)8-13-11-6-4-3-5-7-11/h9-11,13H,3-8,12H2,1-2H3. The van der Waals surface area contributed by atoms with Crippen molar-refractivity contribution in [2.45, 2.75) is 58.0 Å². The zero-order valence-corrected chi connectivity index (χ0v) is 9.05. The van der Waals surface area contributed by atoms with Crippen molar-refractivity contribution in [1.29, 1.82) is 0 Å². The molecule has 1 fully saturated rings. The fourth-order valence-corrected chi connectivity index (χ4v) is 1.85. The van der Waals surface area contributed by atoms with Crippen molar-refractivity contribution < 1.29 is 0 Å². The van der Waals surface area contributed by atoms with E-state index in [1.807, 2.05) is 0 Å². The average Bonchev–Trinajstić information content (AvgIpc) is 2.15. The highest BCUT2D eigenvalue weighted by molar-refractivity contribution is 4.74. The van der Waals surface area contributed by atoms with Gasteiger partial charge in [0.25, 0.3) is 0 Å². The molecule has 0 bridgehead atoms. The molecule has 0 aromatic heterocycles. The molecule has 1 aliphatic rings. The first-order valence-electron chi connectivity index (χ1n) is 5.69. The number of nitrogens with two attached hydrogens (primary N) is 1. The second-order valence-corrected chi connectivity index (χ2v) is 4.58. The molecule has 3 N–H and O–H groups in total. The minimum absolute atomic E-state index is 0.316. The number of nitrogens with one attached hydrogen (secondary N) is 1. The molecule has 0 aliphatic heterocycles. The van der Waals surface area contributed by atoms with E-state index in [9.17, 15) is 0 Å². The SMILES string of the molecule is CC(N)C(C)CNC1CCCCC1. The molecule has 1 aliphatic carbocycles. The lowest BCUT2D eigenvalue weighted by Gasteiger charge is -2.25. The third kappa shape index (κ3) is 4.10. The van der Waals surface area contributed by atoms with Crippen molar-refractivity contribution >= 4 is 0 Å². The number of hydrogen-bond donors (Lipinski definition) is 2. The first kappa shape index (κ1) is 11.0. The van der Waals surface area contributed by atoms with Gasteiger partial charge in [-0.25, -0.2) is 0 Å². The van der Waals surface area contributed by atoms with Crippen LogP contribution >= 0.6 is 0 Å². The predicted molar refractivity (Wildman–Crippen MR) is 57.7 cm³/mol. The topological polar surface area (TPSA) is 38.0 Å². The molecule has 1 rings (SSSR count). The van der Waals surface area contributed by atoms with Gasteiger partial charge in [-0.05, 0) is 32.2 Å². The monoisotopic (exact) mass is 184 g/mol. The summed E-state index contributed by atoms with van der Waals surface area (Å²) in [5.74, 6) is 0.599. The van der Waals surface area contributed by atoms with Crippen LogP contribution in [-0.4, -0.2) is 18.6 Å². The molecule has 0 radical (unpaired) electrons. The van der Waals surface area contributed by atoms with Gasteiger partial charge in [0.1, 0.15) is 0 Å². The van der Waals surface area contributed by atoms with E-state index < -0.39 is 0 Å². The molecule has 2 heteroatoms. The molecule has 13 heavy (non-hydrogen) atoms. The van der Waals surface area contributed by atoms with Crippen LogP contribution in [0.5, 0.6) is 0 Å². The van der Waals surface area contributed by atoms with Gasteiger partial charge in [-0.2, -0.15) is 0 Å². The van der Waals surface area contributed by atoms with Gasteiger partial charge < -0.3 is 11.1 Å². The van der Waals surface area contributed by atoms with Crippen LogP contribution in [0.2, 0.25) is 0 Å². The fourth-order valence-electron chi connectivity index (χ4n) is 1.85. The van der Waals surface area contributed by atoms with Gasteiger partial charge in [-0.3, -0.25) is 0 Å². The molecule has 1 saturated carbocycles. The first-order valence-corrected chi connectivity index (χ1v) is 5.69. The molecule has 0 aromatic carbocycles. The van der Waals surface area contributed by atoms with E-state index in [1.165, 1.54) is 32.1 Å². The Bertz CT molecular complexity index is 128. The fraction of sp³-hybridized carbons (Fsp3) is 1.00. The van der Waals surface area contributed by atoms with E-state index in [1.54, 1.807) is 0 Å². The van der Waals surface area contributed by atoms with Gasteiger partial charge in [-0.1, -0.05) is 26.2 Å². The Balaban J connectivity index is 2.10. The summed E-state index contributed by atoms with van der Waals surface area (Å²) < 4.78 is 0. The summed E-state index contributed by atoms with van der Waals surface area (Å²) >= 11 is 0. The maximum Gasteiger partial charge on any atom is 0.00671 e. The van der Waals surface area contributed by atoms with Crippen LogP contribution in [0.15, 0.2) is 0 Å². The van der Waals surface area contributed by atoms with Gasteiger partial charge in [0.05, 0.1) is 0 Å². The Kier molecular flexibility index (Phi) is 4.74. The van der Waals surface area contributed by atoms with Crippen molar-refractivity contribution in [3.63, 3.8) is 0 Å². The van der Waals surface area contributed by atoms with E-state index in [2.05, 4.69) is 19.2 Å². The Morgan fingerprint density at radius 3 is 2.38 bits per heavy atom.